The molecule has 0 amide bonds. The SMILES string of the molecule is O=c1c(F)cccc(C2CCCCO2)c1O. The number of aromatic hydroxyl groups is 1. The van der Waals surface area contributed by atoms with Gasteiger partial charge < -0.3 is 9.84 Å². The lowest BCUT2D eigenvalue weighted by molar-refractivity contribution is 0.0136. The summed E-state index contributed by atoms with van der Waals surface area (Å²) in [6.45, 7) is 0.611. The summed E-state index contributed by atoms with van der Waals surface area (Å²) in [6, 6.07) is 4.01. The highest BCUT2D eigenvalue weighted by Gasteiger charge is 2.20. The second-order valence-electron chi connectivity index (χ2n) is 3.86. The van der Waals surface area contributed by atoms with Gasteiger partial charge in [0.1, 0.15) is 0 Å². The molecule has 1 aliphatic heterocycles. The van der Waals surface area contributed by atoms with Crippen LogP contribution < -0.4 is 5.43 Å². The molecule has 1 aromatic carbocycles. The van der Waals surface area contributed by atoms with E-state index in [-0.39, 0.29) is 6.10 Å². The van der Waals surface area contributed by atoms with Crippen LogP contribution in [0.4, 0.5) is 4.39 Å². The molecule has 0 aromatic heterocycles. The van der Waals surface area contributed by atoms with Gasteiger partial charge >= 0.3 is 0 Å². The Labute approximate surface area is 92.5 Å². The van der Waals surface area contributed by atoms with E-state index >= 15 is 0 Å². The minimum Gasteiger partial charge on any atom is -0.504 e. The monoisotopic (exact) mass is 224 g/mol. The minimum absolute atomic E-state index is 0.298. The number of hydrogen-bond acceptors (Lipinski definition) is 3. The van der Waals surface area contributed by atoms with E-state index in [1.807, 2.05) is 0 Å². The van der Waals surface area contributed by atoms with Crippen molar-refractivity contribution in [3.63, 3.8) is 0 Å². The first-order chi connectivity index (χ1) is 7.70. The average molecular weight is 224 g/mol. The van der Waals surface area contributed by atoms with Crippen molar-refractivity contribution in [2.75, 3.05) is 6.61 Å². The highest BCUT2D eigenvalue weighted by Crippen LogP contribution is 2.31. The maximum absolute atomic E-state index is 13.1. The van der Waals surface area contributed by atoms with Crippen LogP contribution in [-0.4, -0.2) is 11.7 Å². The third-order valence-corrected chi connectivity index (χ3v) is 2.75. The highest BCUT2D eigenvalue weighted by molar-refractivity contribution is 5.33. The van der Waals surface area contributed by atoms with Crippen molar-refractivity contribution in [1.82, 2.24) is 0 Å². The fourth-order valence-corrected chi connectivity index (χ4v) is 1.88. The lowest BCUT2D eigenvalue weighted by Crippen LogP contribution is -2.13. The van der Waals surface area contributed by atoms with Crippen LogP contribution in [-0.2, 0) is 4.74 Å². The largest absolute Gasteiger partial charge is 0.504 e. The van der Waals surface area contributed by atoms with E-state index in [4.69, 9.17) is 4.74 Å². The molecule has 1 aromatic rings. The molecule has 3 nitrogen and oxygen atoms in total. The van der Waals surface area contributed by atoms with Crippen LogP contribution in [0.5, 0.6) is 5.75 Å². The zero-order valence-electron chi connectivity index (χ0n) is 8.78. The Bertz CT molecular complexity index is 439. The molecule has 1 fully saturated rings. The summed E-state index contributed by atoms with van der Waals surface area (Å²) in [7, 11) is 0. The van der Waals surface area contributed by atoms with Gasteiger partial charge in [0, 0.05) is 12.2 Å². The van der Waals surface area contributed by atoms with Gasteiger partial charge in [0.05, 0.1) is 6.10 Å². The van der Waals surface area contributed by atoms with E-state index in [1.165, 1.54) is 12.1 Å². The summed E-state index contributed by atoms with van der Waals surface area (Å²) in [5, 5.41) is 9.66. The lowest BCUT2D eigenvalue weighted by Gasteiger charge is -2.22. The van der Waals surface area contributed by atoms with Gasteiger partial charge in [0.2, 0.25) is 0 Å². The molecule has 1 heterocycles. The number of rotatable bonds is 1. The molecule has 0 aliphatic carbocycles. The van der Waals surface area contributed by atoms with Crippen LogP contribution in [0.25, 0.3) is 0 Å². The van der Waals surface area contributed by atoms with Crippen molar-refractivity contribution in [3.05, 3.63) is 39.8 Å². The van der Waals surface area contributed by atoms with E-state index in [9.17, 15) is 14.3 Å². The molecule has 1 atom stereocenters. The molecule has 0 radical (unpaired) electrons. The Kier molecular flexibility index (Phi) is 3.19. The van der Waals surface area contributed by atoms with Crippen LogP contribution in [0.1, 0.15) is 30.9 Å². The van der Waals surface area contributed by atoms with Gasteiger partial charge in [0.25, 0.3) is 5.43 Å². The second-order valence-corrected chi connectivity index (χ2v) is 3.86. The number of halogens is 1. The Morgan fingerprint density at radius 1 is 1.38 bits per heavy atom. The molecule has 4 heteroatoms. The van der Waals surface area contributed by atoms with Gasteiger partial charge in [-0.3, -0.25) is 4.79 Å². The van der Waals surface area contributed by atoms with Crippen molar-refractivity contribution in [2.24, 2.45) is 0 Å². The summed E-state index contributed by atoms with van der Waals surface area (Å²) < 4.78 is 18.5. The van der Waals surface area contributed by atoms with Gasteiger partial charge in [-0.2, -0.15) is 0 Å². The van der Waals surface area contributed by atoms with Crippen molar-refractivity contribution >= 4 is 0 Å². The Balaban J connectivity index is 2.45. The summed E-state index contributed by atoms with van der Waals surface area (Å²) in [6.07, 6.45) is 2.42. The van der Waals surface area contributed by atoms with Crippen molar-refractivity contribution in [1.29, 1.82) is 0 Å². The molecule has 1 aliphatic rings. The molecular formula is C12H13FO3. The molecule has 16 heavy (non-hydrogen) atoms. The Hall–Kier alpha value is -1.42. The lowest BCUT2D eigenvalue weighted by atomic mass is 10.0. The fourth-order valence-electron chi connectivity index (χ4n) is 1.88. The predicted octanol–water partition coefficient (Wildman–Crippen LogP) is 2.13. The second kappa shape index (κ2) is 4.61. The third-order valence-electron chi connectivity index (χ3n) is 2.75. The van der Waals surface area contributed by atoms with Gasteiger partial charge in [0.15, 0.2) is 11.6 Å². The van der Waals surface area contributed by atoms with Crippen LogP contribution in [0.2, 0.25) is 0 Å². The quantitative estimate of drug-likeness (QED) is 0.794. The molecule has 2 rings (SSSR count). The summed E-state index contributed by atoms with van der Waals surface area (Å²) in [5.41, 5.74) is -0.581. The van der Waals surface area contributed by atoms with Gasteiger partial charge in [-0.15, -0.1) is 0 Å². The summed E-state index contributed by atoms with van der Waals surface area (Å²) >= 11 is 0. The van der Waals surface area contributed by atoms with Gasteiger partial charge in [-0.25, -0.2) is 4.39 Å². The third kappa shape index (κ3) is 2.07. The normalized spacial score (nSPS) is 20.7. The zero-order chi connectivity index (χ0) is 11.5. The maximum Gasteiger partial charge on any atom is 0.255 e. The Morgan fingerprint density at radius 3 is 2.88 bits per heavy atom. The fraction of sp³-hybridized carbons (Fsp3) is 0.417. The topological polar surface area (TPSA) is 46.5 Å². The van der Waals surface area contributed by atoms with Crippen LogP contribution >= 0.6 is 0 Å². The van der Waals surface area contributed by atoms with Crippen molar-refractivity contribution < 1.29 is 14.2 Å². The molecular weight excluding hydrogens is 211 g/mol. The molecule has 1 N–H and O–H groups in total. The number of hydrogen-bond donors (Lipinski definition) is 1. The first-order valence-corrected chi connectivity index (χ1v) is 5.33. The van der Waals surface area contributed by atoms with E-state index < -0.39 is 17.0 Å². The minimum atomic E-state index is -0.964. The van der Waals surface area contributed by atoms with Gasteiger partial charge in [-0.05, 0) is 25.3 Å². The molecule has 86 valence electrons. The average Bonchev–Trinajstić information content (AvgIpc) is 2.44. The maximum atomic E-state index is 13.1. The highest BCUT2D eigenvalue weighted by atomic mass is 19.1. The van der Waals surface area contributed by atoms with E-state index in [1.54, 1.807) is 0 Å². The van der Waals surface area contributed by atoms with Crippen molar-refractivity contribution in [3.8, 4) is 5.75 Å². The number of ether oxygens (including phenoxy) is 1. The first-order valence-electron chi connectivity index (χ1n) is 5.33. The summed E-state index contributed by atoms with van der Waals surface area (Å²) in [4.78, 5) is 11.4. The predicted molar refractivity (Wildman–Crippen MR) is 56.9 cm³/mol. The van der Waals surface area contributed by atoms with Gasteiger partial charge in [-0.1, -0.05) is 12.1 Å². The molecule has 1 saturated heterocycles. The summed E-state index contributed by atoms with van der Waals surface area (Å²) in [5.74, 6) is -1.48. The standard InChI is InChI=1S/C12H13FO3/c13-9-5-3-4-8(11(14)12(9)15)10-6-1-2-7-16-10/h3-5,10H,1-2,6-7H2,(H,14,15). The first kappa shape index (κ1) is 11.1. The molecule has 0 saturated carbocycles. The molecule has 0 spiro atoms. The van der Waals surface area contributed by atoms with E-state index in [0.29, 0.717) is 12.2 Å². The van der Waals surface area contributed by atoms with E-state index in [0.717, 1.165) is 25.3 Å². The van der Waals surface area contributed by atoms with Crippen LogP contribution in [0.15, 0.2) is 23.0 Å². The zero-order valence-corrected chi connectivity index (χ0v) is 8.78. The smallest absolute Gasteiger partial charge is 0.255 e. The van der Waals surface area contributed by atoms with Crippen LogP contribution in [0.3, 0.4) is 0 Å². The molecule has 0 bridgehead atoms. The Morgan fingerprint density at radius 2 is 2.19 bits per heavy atom. The molecule has 1 unspecified atom stereocenters. The van der Waals surface area contributed by atoms with Crippen molar-refractivity contribution in [2.45, 2.75) is 25.4 Å². The van der Waals surface area contributed by atoms with Crippen LogP contribution in [0, 0.1) is 5.82 Å². The van der Waals surface area contributed by atoms with E-state index in [2.05, 4.69) is 0 Å².